The molecule has 0 N–H and O–H groups in total. The molecule has 1 aliphatic rings. The van der Waals surface area contributed by atoms with Crippen LogP contribution in [0.3, 0.4) is 0 Å². The number of rotatable bonds is 4. The number of anilines is 2. The van der Waals surface area contributed by atoms with Gasteiger partial charge in [-0.1, -0.05) is 23.7 Å². The highest BCUT2D eigenvalue weighted by Gasteiger charge is 2.29. The van der Waals surface area contributed by atoms with Gasteiger partial charge in [0.2, 0.25) is 0 Å². The standard InChI is InChI=1S/C16H17ClFN3/c1-3-21(13-7-5-4-6-12(13)18)16-10(2)14(17)19-15(20-16)11-8-9-11/h4-7,11H,3,8-9H2,1-2H3. The van der Waals surface area contributed by atoms with Gasteiger partial charge in [0, 0.05) is 18.0 Å². The van der Waals surface area contributed by atoms with E-state index in [0.29, 0.717) is 29.1 Å². The van der Waals surface area contributed by atoms with Gasteiger partial charge in [0.1, 0.15) is 22.6 Å². The van der Waals surface area contributed by atoms with Crippen molar-refractivity contribution in [3.63, 3.8) is 0 Å². The van der Waals surface area contributed by atoms with E-state index in [0.717, 1.165) is 24.2 Å². The summed E-state index contributed by atoms with van der Waals surface area (Å²) in [5.74, 6) is 1.61. The van der Waals surface area contributed by atoms with Gasteiger partial charge in [0.25, 0.3) is 0 Å². The molecule has 2 aromatic rings. The average molecular weight is 306 g/mol. The minimum atomic E-state index is -0.263. The predicted molar refractivity (Wildman–Crippen MR) is 82.8 cm³/mol. The first-order chi connectivity index (χ1) is 10.1. The van der Waals surface area contributed by atoms with Crippen molar-refractivity contribution in [1.82, 2.24) is 9.97 Å². The van der Waals surface area contributed by atoms with Crippen LogP contribution < -0.4 is 4.90 Å². The molecule has 0 unspecified atom stereocenters. The minimum absolute atomic E-state index is 0.263. The number of hydrogen-bond donors (Lipinski definition) is 0. The Kier molecular flexibility index (Phi) is 3.81. The van der Waals surface area contributed by atoms with E-state index in [1.54, 1.807) is 12.1 Å². The number of halogens is 2. The highest BCUT2D eigenvalue weighted by molar-refractivity contribution is 6.30. The van der Waals surface area contributed by atoms with Crippen molar-refractivity contribution in [2.75, 3.05) is 11.4 Å². The molecule has 110 valence electrons. The second-order valence-electron chi connectivity index (χ2n) is 5.29. The zero-order valence-corrected chi connectivity index (χ0v) is 12.9. The lowest BCUT2D eigenvalue weighted by Crippen LogP contribution is -2.21. The number of benzene rings is 1. The van der Waals surface area contributed by atoms with Crippen molar-refractivity contribution >= 4 is 23.1 Å². The molecule has 1 aliphatic carbocycles. The average Bonchev–Trinajstić information content (AvgIpc) is 3.30. The summed E-state index contributed by atoms with van der Waals surface area (Å²) in [7, 11) is 0. The third kappa shape index (κ3) is 2.72. The van der Waals surface area contributed by atoms with E-state index in [1.165, 1.54) is 6.07 Å². The maximum absolute atomic E-state index is 14.1. The molecule has 3 rings (SSSR count). The van der Waals surface area contributed by atoms with E-state index in [1.807, 2.05) is 24.8 Å². The molecule has 0 spiro atoms. The summed E-state index contributed by atoms with van der Waals surface area (Å²) < 4.78 is 14.1. The molecule has 1 aromatic carbocycles. The Morgan fingerprint density at radius 3 is 2.62 bits per heavy atom. The first-order valence-corrected chi connectivity index (χ1v) is 7.55. The van der Waals surface area contributed by atoms with Crippen molar-refractivity contribution in [3.8, 4) is 0 Å². The smallest absolute Gasteiger partial charge is 0.146 e. The quantitative estimate of drug-likeness (QED) is 0.772. The Labute approximate surface area is 128 Å². The molecule has 0 radical (unpaired) electrons. The van der Waals surface area contributed by atoms with Gasteiger partial charge in [-0.3, -0.25) is 0 Å². The van der Waals surface area contributed by atoms with Crippen LogP contribution in [0.15, 0.2) is 24.3 Å². The van der Waals surface area contributed by atoms with E-state index in [4.69, 9.17) is 11.6 Å². The molecule has 0 atom stereocenters. The zero-order chi connectivity index (χ0) is 15.0. The van der Waals surface area contributed by atoms with E-state index in [2.05, 4.69) is 9.97 Å². The third-order valence-electron chi connectivity index (χ3n) is 3.74. The summed E-state index contributed by atoms with van der Waals surface area (Å²) >= 11 is 6.25. The van der Waals surface area contributed by atoms with Crippen molar-refractivity contribution in [3.05, 3.63) is 46.6 Å². The molecule has 1 saturated carbocycles. The van der Waals surface area contributed by atoms with Crippen LogP contribution in [0, 0.1) is 12.7 Å². The fraction of sp³-hybridized carbons (Fsp3) is 0.375. The predicted octanol–water partition coefficient (Wildman–Crippen LogP) is 4.61. The maximum atomic E-state index is 14.1. The number of hydrogen-bond acceptors (Lipinski definition) is 3. The van der Waals surface area contributed by atoms with Crippen LogP contribution in [0.4, 0.5) is 15.9 Å². The molecule has 0 aliphatic heterocycles. The summed E-state index contributed by atoms with van der Waals surface area (Å²) in [6, 6.07) is 6.71. The summed E-state index contributed by atoms with van der Waals surface area (Å²) in [5, 5.41) is 0.455. The molecule has 1 aromatic heterocycles. The number of nitrogens with zero attached hydrogens (tertiary/aromatic N) is 3. The summed E-state index contributed by atoms with van der Waals surface area (Å²) in [6.45, 7) is 4.45. The van der Waals surface area contributed by atoms with Gasteiger partial charge in [-0.2, -0.15) is 0 Å². The van der Waals surface area contributed by atoms with Crippen LogP contribution >= 0.6 is 11.6 Å². The van der Waals surface area contributed by atoms with Crippen molar-refractivity contribution in [2.24, 2.45) is 0 Å². The molecule has 1 fully saturated rings. The fourth-order valence-electron chi connectivity index (χ4n) is 2.39. The van der Waals surface area contributed by atoms with Crippen molar-refractivity contribution in [2.45, 2.75) is 32.6 Å². The molecule has 0 amide bonds. The second-order valence-corrected chi connectivity index (χ2v) is 5.65. The highest BCUT2D eigenvalue weighted by atomic mass is 35.5. The Hall–Kier alpha value is -1.68. The van der Waals surface area contributed by atoms with Crippen LogP contribution in [-0.4, -0.2) is 16.5 Å². The molecule has 0 bridgehead atoms. The number of para-hydroxylation sites is 1. The van der Waals surface area contributed by atoms with Crippen LogP contribution in [0.2, 0.25) is 5.15 Å². The molecule has 1 heterocycles. The van der Waals surface area contributed by atoms with Crippen LogP contribution in [0.5, 0.6) is 0 Å². The topological polar surface area (TPSA) is 29.0 Å². The lowest BCUT2D eigenvalue weighted by molar-refractivity contribution is 0.625. The summed E-state index contributed by atoms with van der Waals surface area (Å²) in [6.07, 6.45) is 2.20. The van der Waals surface area contributed by atoms with E-state index >= 15 is 0 Å². The summed E-state index contributed by atoms with van der Waals surface area (Å²) in [4.78, 5) is 10.9. The molecular formula is C16H17ClFN3. The first-order valence-electron chi connectivity index (χ1n) is 7.18. The van der Waals surface area contributed by atoms with Crippen molar-refractivity contribution in [1.29, 1.82) is 0 Å². The zero-order valence-electron chi connectivity index (χ0n) is 12.1. The number of aromatic nitrogens is 2. The monoisotopic (exact) mass is 305 g/mol. The van der Waals surface area contributed by atoms with Gasteiger partial charge in [0.05, 0.1) is 5.69 Å². The van der Waals surface area contributed by atoms with Gasteiger partial charge in [-0.05, 0) is 38.8 Å². The van der Waals surface area contributed by atoms with E-state index < -0.39 is 0 Å². The lowest BCUT2D eigenvalue weighted by atomic mass is 10.2. The molecule has 3 nitrogen and oxygen atoms in total. The van der Waals surface area contributed by atoms with Crippen LogP contribution in [-0.2, 0) is 0 Å². The lowest BCUT2D eigenvalue weighted by Gasteiger charge is -2.25. The van der Waals surface area contributed by atoms with Gasteiger partial charge in [-0.25, -0.2) is 14.4 Å². The van der Waals surface area contributed by atoms with Gasteiger partial charge in [0.15, 0.2) is 0 Å². The maximum Gasteiger partial charge on any atom is 0.146 e. The molecular weight excluding hydrogens is 289 g/mol. The van der Waals surface area contributed by atoms with Gasteiger partial charge in [-0.15, -0.1) is 0 Å². The Morgan fingerprint density at radius 1 is 1.29 bits per heavy atom. The van der Waals surface area contributed by atoms with E-state index in [9.17, 15) is 4.39 Å². The normalized spacial score (nSPS) is 14.3. The second kappa shape index (κ2) is 5.60. The Balaban J connectivity index is 2.10. The van der Waals surface area contributed by atoms with Gasteiger partial charge < -0.3 is 4.90 Å². The van der Waals surface area contributed by atoms with Gasteiger partial charge >= 0.3 is 0 Å². The fourth-order valence-corrected chi connectivity index (χ4v) is 2.56. The molecule has 21 heavy (non-hydrogen) atoms. The van der Waals surface area contributed by atoms with Crippen molar-refractivity contribution < 1.29 is 4.39 Å². The highest BCUT2D eigenvalue weighted by Crippen LogP contribution is 2.40. The van der Waals surface area contributed by atoms with E-state index in [-0.39, 0.29) is 5.82 Å². The Bertz CT molecular complexity index is 671. The largest absolute Gasteiger partial charge is 0.324 e. The first kappa shape index (κ1) is 14.3. The summed E-state index contributed by atoms with van der Waals surface area (Å²) in [5.41, 5.74) is 1.30. The van der Waals surface area contributed by atoms with Crippen LogP contribution in [0.25, 0.3) is 0 Å². The minimum Gasteiger partial charge on any atom is -0.324 e. The third-order valence-corrected chi connectivity index (χ3v) is 4.10. The molecule has 0 saturated heterocycles. The SMILES string of the molecule is CCN(c1ccccc1F)c1nc(C2CC2)nc(Cl)c1C. The molecule has 5 heteroatoms. The van der Waals surface area contributed by atoms with Crippen LogP contribution in [0.1, 0.15) is 37.1 Å². The Morgan fingerprint density at radius 2 is 2.00 bits per heavy atom.